The summed E-state index contributed by atoms with van der Waals surface area (Å²) in [4.78, 5) is 43.4. The van der Waals surface area contributed by atoms with Crippen LogP contribution in [0.1, 0.15) is 31.2 Å². The molecule has 0 fully saturated rings. The molecule has 0 radical (unpaired) electrons. The number of ether oxygens (including phenoxy) is 1. The average Bonchev–Trinajstić information content (AvgIpc) is 3.35. The van der Waals surface area contributed by atoms with Crippen molar-refractivity contribution in [3.05, 3.63) is 48.3 Å². The minimum Gasteiger partial charge on any atom is -0.483 e. The SMILES string of the molecule is CN(CCC[C@H]1C(=O)N(C)CCCCc2ccccc2OCC(=O)N1C)C(=O)Cn1cccn1. The van der Waals surface area contributed by atoms with Gasteiger partial charge in [-0.2, -0.15) is 5.10 Å². The zero-order valence-corrected chi connectivity index (χ0v) is 20.4. The Balaban J connectivity index is 1.63. The molecule has 0 spiro atoms. The van der Waals surface area contributed by atoms with Crippen molar-refractivity contribution in [2.45, 2.75) is 44.7 Å². The largest absolute Gasteiger partial charge is 0.483 e. The number of carbonyl (C=O) groups excluding carboxylic acids is 3. The second-order valence-electron chi connectivity index (χ2n) is 8.79. The first kappa shape index (κ1) is 25.3. The number of likely N-dealkylation sites (N-methyl/N-ethyl adjacent to an activating group) is 3. The van der Waals surface area contributed by atoms with E-state index in [2.05, 4.69) is 5.10 Å². The molecule has 1 aromatic carbocycles. The van der Waals surface area contributed by atoms with Gasteiger partial charge in [-0.3, -0.25) is 19.1 Å². The molecule has 1 aliphatic heterocycles. The predicted octanol–water partition coefficient (Wildman–Crippen LogP) is 1.82. The fraction of sp³-hybridized carbons (Fsp3) is 0.520. The van der Waals surface area contributed by atoms with Gasteiger partial charge in [0, 0.05) is 46.6 Å². The van der Waals surface area contributed by atoms with Crippen LogP contribution < -0.4 is 4.74 Å². The minimum atomic E-state index is -0.605. The van der Waals surface area contributed by atoms with Crippen LogP contribution in [-0.2, 0) is 27.3 Å². The lowest BCUT2D eigenvalue weighted by molar-refractivity contribution is -0.145. The lowest BCUT2D eigenvalue weighted by Gasteiger charge is -2.31. The van der Waals surface area contributed by atoms with Crippen LogP contribution >= 0.6 is 0 Å². The standard InChI is InChI=1S/C25H35N5O4/c1-27(23(31)18-30-17-9-14-26-30)16-8-12-21-25(33)28(2)15-7-6-11-20-10-4-5-13-22(20)34-19-24(32)29(21)3/h4-5,9-10,13-14,17,21H,6-8,11-12,15-16,18-19H2,1-3H3/t21-/m0/s1. The first-order valence-electron chi connectivity index (χ1n) is 11.8. The van der Waals surface area contributed by atoms with Crippen molar-refractivity contribution in [2.24, 2.45) is 0 Å². The lowest BCUT2D eigenvalue weighted by Crippen LogP contribution is -2.50. The molecule has 0 saturated heterocycles. The first-order chi connectivity index (χ1) is 16.4. The van der Waals surface area contributed by atoms with Gasteiger partial charge in [0.2, 0.25) is 11.8 Å². The summed E-state index contributed by atoms with van der Waals surface area (Å²) in [6, 6.07) is 8.94. The number of amides is 3. The number of carbonyl (C=O) groups is 3. The van der Waals surface area contributed by atoms with Crippen LogP contribution in [0.2, 0.25) is 0 Å². The average molecular weight is 470 g/mol. The van der Waals surface area contributed by atoms with Crippen molar-refractivity contribution >= 4 is 17.7 Å². The Morgan fingerprint density at radius 2 is 1.97 bits per heavy atom. The fourth-order valence-corrected chi connectivity index (χ4v) is 4.08. The third kappa shape index (κ3) is 6.82. The Morgan fingerprint density at radius 3 is 2.74 bits per heavy atom. The summed E-state index contributed by atoms with van der Waals surface area (Å²) >= 11 is 0. The van der Waals surface area contributed by atoms with Gasteiger partial charge >= 0.3 is 0 Å². The van der Waals surface area contributed by atoms with Crippen molar-refractivity contribution in [1.29, 1.82) is 0 Å². The van der Waals surface area contributed by atoms with E-state index in [0.29, 0.717) is 25.9 Å². The van der Waals surface area contributed by atoms with E-state index in [1.807, 2.05) is 24.3 Å². The van der Waals surface area contributed by atoms with E-state index in [4.69, 9.17) is 4.74 Å². The Labute approximate surface area is 201 Å². The van der Waals surface area contributed by atoms with Crippen LogP contribution in [-0.4, -0.2) is 89.1 Å². The predicted molar refractivity (Wildman–Crippen MR) is 128 cm³/mol. The first-order valence-corrected chi connectivity index (χ1v) is 11.8. The molecule has 1 aromatic heterocycles. The normalized spacial score (nSPS) is 17.8. The van der Waals surface area contributed by atoms with Crippen molar-refractivity contribution in [1.82, 2.24) is 24.5 Å². The number of nitrogens with zero attached hydrogens (tertiary/aromatic N) is 5. The number of benzene rings is 1. The minimum absolute atomic E-state index is 0.0569. The number of fused-ring (bicyclic) bond motifs is 1. The molecule has 0 N–H and O–H groups in total. The van der Waals surface area contributed by atoms with Crippen LogP contribution in [0.15, 0.2) is 42.7 Å². The van der Waals surface area contributed by atoms with E-state index in [9.17, 15) is 14.4 Å². The summed E-state index contributed by atoms with van der Waals surface area (Å²) in [5, 5.41) is 4.06. The maximum atomic E-state index is 13.2. The van der Waals surface area contributed by atoms with Gasteiger partial charge in [-0.1, -0.05) is 18.2 Å². The number of rotatable bonds is 6. The van der Waals surface area contributed by atoms with Gasteiger partial charge in [0.1, 0.15) is 18.3 Å². The van der Waals surface area contributed by atoms with Crippen LogP contribution in [0, 0.1) is 0 Å². The van der Waals surface area contributed by atoms with Gasteiger partial charge < -0.3 is 19.4 Å². The maximum absolute atomic E-state index is 13.2. The highest BCUT2D eigenvalue weighted by Crippen LogP contribution is 2.21. The molecule has 0 unspecified atom stereocenters. The molecule has 0 bridgehead atoms. The zero-order chi connectivity index (χ0) is 24.5. The maximum Gasteiger partial charge on any atom is 0.260 e. The van der Waals surface area contributed by atoms with Gasteiger partial charge in [0.15, 0.2) is 6.61 Å². The highest BCUT2D eigenvalue weighted by Gasteiger charge is 2.29. The van der Waals surface area contributed by atoms with E-state index in [0.717, 1.165) is 30.6 Å². The van der Waals surface area contributed by atoms with Crippen LogP contribution in [0.5, 0.6) is 5.75 Å². The van der Waals surface area contributed by atoms with Gasteiger partial charge in [-0.25, -0.2) is 0 Å². The Bertz CT molecular complexity index is 962. The molecule has 184 valence electrons. The summed E-state index contributed by atoms with van der Waals surface area (Å²) in [6.07, 6.45) is 7.06. The summed E-state index contributed by atoms with van der Waals surface area (Å²) < 4.78 is 7.42. The topological polar surface area (TPSA) is 88.0 Å². The molecular weight excluding hydrogens is 434 g/mol. The number of aryl methyl sites for hydroxylation is 1. The molecule has 0 aliphatic carbocycles. The Kier molecular flexibility index (Phi) is 9.07. The Hall–Kier alpha value is -3.36. The molecule has 1 aliphatic rings. The second kappa shape index (κ2) is 12.2. The molecule has 1 atom stereocenters. The van der Waals surface area contributed by atoms with Crippen molar-refractivity contribution in [3.63, 3.8) is 0 Å². The third-order valence-corrected chi connectivity index (χ3v) is 6.29. The molecule has 9 heteroatoms. The van der Waals surface area contributed by atoms with E-state index < -0.39 is 6.04 Å². The highest BCUT2D eigenvalue weighted by atomic mass is 16.5. The van der Waals surface area contributed by atoms with Gasteiger partial charge in [0.25, 0.3) is 5.91 Å². The van der Waals surface area contributed by atoms with Crippen molar-refractivity contribution in [3.8, 4) is 5.75 Å². The lowest BCUT2D eigenvalue weighted by atomic mass is 10.1. The molecular formula is C25H35N5O4. The molecule has 3 rings (SSSR count). The molecule has 2 aromatic rings. The molecule has 34 heavy (non-hydrogen) atoms. The quantitative estimate of drug-likeness (QED) is 0.644. The van der Waals surface area contributed by atoms with Gasteiger partial charge in [0.05, 0.1) is 0 Å². The molecule has 9 nitrogen and oxygen atoms in total. The monoisotopic (exact) mass is 469 g/mol. The Morgan fingerprint density at radius 1 is 1.18 bits per heavy atom. The molecule has 2 heterocycles. The van der Waals surface area contributed by atoms with Gasteiger partial charge in [-0.05, 0) is 49.8 Å². The summed E-state index contributed by atoms with van der Waals surface area (Å²) in [6.45, 7) is 1.16. The fourth-order valence-electron chi connectivity index (χ4n) is 4.08. The van der Waals surface area contributed by atoms with E-state index >= 15 is 0 Å². The number of para-hydroxylation sites is 1. The summed E-state index contributed by atoms with van der Waals surface area (Å²) in [7, 11) is 5.18. The van der Waals surface area contributed by atoms with Gasteiger partial charge in [-0.15, -0.1) is 0 Å². The van der Waals surface area contributed by atoms with E-state index in [-0.39, 0.29) is 30.9 Å². The highest BCUT2D eigenvalue weighted by molar-refractivity contribution is 5.88. The second-order valence-corrected chi connectivity index (χ2v) is 8.79. The van der Waals surface area contributed by atoms with Crippen LogP contribution in [0.4, 0.5) is 0 Å². The van der Waals surface area contributed by atoms with Crippen molar-refractivity contribution in [2.75, 3.05) is 40.8 Å². The molecule has 0 saturated carbocycles. The van der Waals surface area contributed by atoms with Crippen LogP contribution in [0.25, 0.3) is 0 Å². The smallest absolute Gasteiger partial charge is 0.260 e. The summed E-state index contributed by atoms with van der Waals surface area (Å²) in [5.74, 6) is 0.331. The summed E-state index contributed by atoms with van der Waals surface area (Å²) in [5.41, 5.74) is 1.07. The number of hydrogen-bond donors (Lipinski definition) is 0. The van der Waals surface area contributed by atoms with E-state index in [1.54, 1.807) is 54.1 Å². The van der Waals surface area contributed by atoms with Crippen molar-refractivity contribution < 1.29 is 19.1 Å². The number of hydrogen-bond acceptors (Lipinski definition) is 5. The molecule has 3 amide bonds. The number of aromatic nitrogens is 2. The van der Waals surface area contributed by atoms with E-state index in [1.165, 1.54) is 4.90 Å². The zero-order valence-electron chi connectivity index (χ0n) is 20.4. The third-order valence-electron chi connectivity index (χ3n) is 6.29. The van der Waals surface area contributed by atoms with Crippen LogP contribution in [0.3, 0.4) is 0 Å².